The number of rotatable bonds is 3. The molecule has 1 aliphatic rings. The van der Waals surface area contributed by atoms with Gasteiger partial charge in [-0.15, -0.1) is 12.4 Å². The third-order valence-corrected chi connectivity index (χ3v) is 3.01. The Hall–Kier alpha value is -1.24. The lowest BCUT2D eigenvalue weighted by molar-refractivity contribution is -0.134. The molecule has 2 N–H and O–H groups in total. The van der Waals surface area contributed by atoms with Crippen LogP contribution in [0.5, 0.6) is 0 Å². The molecule has 1 aromatic rings. The number of carbonyl (C=O) groups is 1. The number of halogens is 3. The van der Waals surface area contributed by atoms with Crippen LogP contribution in [0, 0.1) is 11.6 Å². The van der Waals surface area contributed by atoms with Gasteiger partial charge in [0.25, 0.3) is 5.91 Å². The van der Waals surface area contributed by atoms with E-state index < -0.39 is 23.8 Å². The number of benzene rings is 1. The van der Waals surface area contributed by atoms with E-state index in [0.29, 0.717) is 19.7 Å². The van der Waals surface area contributed by atoms with Gasteiger partial charge in [-0.1, -0.05) is 6.07 Å². The van der Waals surface area contributed by atoms with Crippen LogP contribution in [0.4, 0.5) is 8.78 Å². The number of nitrogens with one attached hydrogen (secondary N) is 2. The summed E-state index contributed by atoms with van der Waals surface area (Å²) in [5.41, 5.74) is -0.139. The molecule has 0 saturated carbocycles. The highest BCUT2D eigenvalue weighted by molar-refractivity contribution is 5.85. The molecule has 0 spiro atoms. The molecular formula is C13H17ClF2N2O2. The molecule has 1 aromatic carbocycles. The van der Waals surface area contributed by atoms with E-state index in [0.717, 1.165) is 0 Å². The fourth-order valence-electron chi connectivity index (χ4n) is 2.04. The Labute approximate surface area is 122 Å². The normalized spacial score (nSPS) is 19.9. The first-order chi connectivity index (χ1) is 9.09. The van der Waals surface area contributed by atoms with E-state index in [-0.39, 0.29) is 23.9 Å². The van der Waals surface area contributed by atoms with Crippen LogP contribution in [-0.2, 0) is 9.53 Å². The van der Waals surface area contributed by atoms with E-state index in [1.165, 1.54) is 25.1 Å². The van der Waals surface area contributed by atoms with Crippen molar-refractivity contribution in [2.75, 3.05) is 19.7 Å². The van der Waals surface area contributed by atoms with Crippen molar-refractivity contribution in [1.82, 2.24) is 10.6 Å². The number of hydrogen-bond acceptors (Lipinski definition) is 3. The number of amides is 1. The average molecular weight is 307 g/mol. The highest BCUT2D eigenvalue weighted by atomic mass is 35.5. The number of carbonyl (C=O) groups excluding carboxylic acids is 1. The zero-order valence-electron chi connectivity index (χ0n) is 11.0. The standard InChI is InChI=1S/C13H16F2N2O2.ClH/c1-8(12-9(14)3-2-4-10(12)15)17-13(18)11-7-16-5-6-19-11;/h2-4,8,11,16H,5-7H2,1H3,(H,17,18);1H. The molecule has 1 heterocycles. The van der Waals surface area contributed by atoms with Crippen LogP contribution in [0.2, 0.25) is 0 Å². The van der Waals surface area contributed by atoms with E-state index in [9.17, 15) is 13.6 Å². The van der Waals surface area contributed by atoms with Gasteiger partial charge >= 0.3 is 0 Å². The molecule has 1 saturated heterocycles. The summed E-state index contributed by atoms with van der Waals surface area (Å²) in [7, 11) is 0. The van der Waals surface area contributed by atoms with Crippen molar-refractivity contribution in [3.8, 4) is 0 Å². The first-order valence-corrected chi connectivity index (χ1v) is 6.16. The van der Waals surface area contributed by atoms with Crippen LogP contribution in [0.1, 0.15) is 18.5 Å². The van der Waals surface area contributed by atoms with Gasteiger partial charge in [-0.3, -0.25) is 4.79 Å². The van der Waals surface area contributed by atoms with Gasteiger partial charge in [0.05, 0.1) is 12.6 Å². The monoisotopic (exact) mass is 306 g/mol. The van der Waals surface area contributed by atoms with Crippen molar-refractivity contribution in [2.24, 2.45) is 0 Å². The summed E-state index contributed by atoms with van der Waals surface area (Å²) >= 11 is 0. The Morgan fingerprint density at radius 3 is 2.65 bits per heavy atom. The van der Waals surface area contributed by atoms with Gasteiger partial charge < -0.3 is 15.4 Å². The molecule has 20 heavy (non-hydrogen) atoms. The molecule has 4 nitrogen and oxygen atoms in total. The molecule has 0 aromatic heterocycles. The first-order valence-electron chi connectivity index (χ1n) is 6.16. The van der Waals surface area contributed by atoms with E-state index in [1.54, 1.807) is 0 Å². The summed E-state index contributed by atoms with van der Waals surface area (Å²) in [6, 6.07) is 2.87. The highest BCUT2D eigenvalue weighted by Crippen LogP contribution is 2.20. The van der Waals surface area contributed by atoms with Crippen molar-refractivity contribution < 1.29 is 18.3 Å². The van der Waals surface area contributed by atoms with Crippen LogP contribution >= 0.6 is 12.4 Å². The van der Waals surface area contributed by atoms with E-state index in [1.807, 2.05) is 0 Å². The van der Waals surface area contributed by atoms with Crippen molar-refractivity contribution in [2.45, 2.75) is 19.1 Å². The third kappa shape index (κ3) is 3.88. The molecule has 112 valence electrons. The Kier molecular flexibility index (Phi) is 6.32. The van der Waals surface area contributed by atoms with Crippen LogP contribution in [-0.4, -0.2) is 31.7 Å². The van der Waals surface area contributed by atoms with Gasteiger partial charge in [0.1, 0.15) is 17.7 Å². The molecule has 2 unspecified atom stereocenters. The summed E-state index contributed by atoms with van der Waals surface area (Å²) in [6.07, 6.45) is -0.619. The number of morpholine rings is 1. The van der Waals surface area contributed by atoms with Crippen LogP contribution in [0.15, 0.2) is 18.2 Å². The topological polar surface area (TPSA) is 50.4 Å². The third-order valence-electron chi connectivity index (χ3n) is 3.01. The molecule has 0 radical (unpaired) electrons. The second-order valence-electron chi connectivity index (χ2n) is 4.43. The molecule has 2 atom stereocenters. The minimum absolute atomic E-state index is 0. The molecule has 1 aliphatic heterocycles. The van der Waals surface area contributed by atoms with E-state index in [4.69, 9.17) is 4.74 Å². The molecule has 2 rings (SSSR count). The largest absolute Gasteiger partial charge is 0.366 e. The predicted octanol–water partition coefficient (Wildman–Crippen LogP) is 1.55. The first kappa shape index (κ1) is 16.8. The van der Waals surface area contributed by atoms with Crippen LogP contribution < -0.4 is 10.6 Å². The summed E-state index contributed by atoms with van der Waals surface area (Å²) in [6.45, 7) is 3.08. The number of ether oxygens (including phenoxy) is 1. The van der Waals surface area contributed by atoms with Crippen LogP contribution in [0.3, 0.4) is 0 Å². The quantitative estimate of drug-likeness (QED) is 0.891. The minimum atomic E-state index is -0.751. The Morgan fingerprint density at radius 2 is 2.10 bits per heavy atom. The molecule has 0 bridgehead atoms. The fourth-order valence-corrected chi connectivity index (χ4v) is 2.04. The van der Waals surface area contributed by atoms with E-state index >= 15 is 0 Å². The summed E-state index contributed by atoms with van der Waals surface area (Å²) in [4.78, 5) is 11.9. The lowest BCUT2D eigenvalue weighted by Crippen LogP contribution is -2.48. The Morgan fingerprint density at radius 1 is 1.45 bits per heavy atom. The van der Waals surface area contributed by atoms with Gasteiger partial charge in [-0.2, -0.15) is 0 Å². The van der Waals surface area contributed by atoms with Gasteiger partial charge in [0.2, 0.25) is 0 Å². The minimum Gasteiger partial charge on any atom is -0.366 e. The van der Waals surface area contributed by atoms with Gasteiger partial charge in [-0.25, -0.2) is 8.78 Å². The summed E-state index contributed by atoms with van der Waals surface area (Å²) in [5.74, 6) is -1.71. The number of hydrogen-bond donors (Lipinski definition) is 2. The Balaban J connectivity index is 0.00000200. The Bertz CT molecular complexity index is 447. The van der Waals surface area contributed by atoms with Crippen molar-refractivity contribution in [3.63, 3.8) is 0 Å². The summed E-state index contributed by atoms with van der Waals surface area (Å²) < 4.78 is 32.4. The maximum absolute atomic E-state index is 13.6. The van der Waals surface area contributed by atoms with Crippen molar-refractivity contribution in [1.29, 1.82) is 0 Å². The van der Waals surface area contributed by atoms with Gasteiger partial charge in [0, 0.05) is 18.7 Å². The lowest BCUT2D eigenvalue weighted by Gasteiger charge is -2.25. The van der Waals surface area contributed by atoms with E-state index in [2.05, 4.69) is 10.6 Å². The maximum Gasteiger partial charge on any atom is 0.250 e. The van der Waals surface area contributed by atoms with Gasteiger partial charge in [0.15, 0.2) is 0 Å². The zero-order valence-corrected chi connectivity index (χ0v) is 11.8. The molecule has 1 fully saturated rings. The average Bonchev–Trinajstić information content (AvgIpc) is 2.39. The summed E-state index contributed by atoms with van der Waals surface area (Å²) in [5, 5.41) is 5.58. The zero-order chi connectivity index (χ0) is 13.8. The fraction of sp³-hybridized carbons (Fsp3) is 0.462. The van der Waals surface area contributed by atoms with Crippen LogP contribution in [0.25, 0.3) is 0 Å². The highest BCUT2D eigenvalue weighted by Gasteiger charge is 2.25. The second-order valence-corrected chi connectivity index (χ2v) is 4.43. The molecular weight excluding hydrogens is 290 g/mol. The molecule has 1 amide bonds. The smallest absolute Gasteiger partial charge is 0.250 e. The molecule has 0 aliphatic carbocycles. The lowest BCUT2D eigenvalue weighted by atomic mass is 10.1. The van der Waals surface area contributed by atoms with Gasteiger partial charge in [-0.05, 0) is 19.1 Å². The predicted molar refractivity (Wildman–Crippen MR) is 72.8 cm³/mol. The maximum atomic E-state index is 13.6. The second kappa shape index (κ2) is 7.52. The van der Waals surface area contributed by atoms with Crippen molar-refractivity contribution in [3.05, 3.63) is 35.4 Å². The van der Waals surface area contributed by atoms with Crippen molar-refractivity contribution >= 4 is 18.3 Å². The SMILES string of the molecule is CC(NC(=O)C1CNCCO1)c1c(F)cccc1F.Cl. The molecule has 7 heteroatoms.